The number of halogens is 1. The van der Waals surface area contributed by atoms with Gasteiger partial charge in [0.05, 0.1) is 5.69 Å². The number of carbonyl (C=O) groups excluding carboxylic acids is 1. The number of nitrogens with zero attached hydrogens (tertiary/aromatic N) is 1. The number of amides is 1. The third-order valence-electron chi connectivity index (χ3n) is 2.90. The summed E-state index contributed by atoms with van der Waals surface area (Å²) in [5, 5.41) is 8.82. The Labute approximate surface area is 97.7 Å². The molecule has 1 unspecified atom stereocenters. The van der Waals surface area contributed by atoms with Gasteiger partial charge in [0.1, 0.15) is 11.7 Å². The molecule has 0 aromatic heterocycles. The van der Waals surface area contributed by atoms with Gasteiger partial charge in [0, 0.05) is 6.54 Å². The summed E-state index contributed by atoms with van der Waals surface area (Å²) in [5.41, 5.74) is 0.914. The number of anilines is 1. The quantitative estimate of drug-likeness (QED) is 0.794. The summed E-state index contributed by atoms with van der Waals surface area (Å²) in [7, 11) is 0. The van der Waals surface area contributed by atoms with Gasteiger partial charge in [0.2, 0.25) is 5.91 Å². The molecule has 1 atom stereocenters. The second kappa shape index (κ2) is 4.16. The Balaban J connectivity index is 2.30. The van der Waals surface area contributed by atoms with Crippen LogP contribution in [0.25, 0.3) is 0 Å². The SMILES string of the molecule is Cc1ccc(N2CCC(C(=O)O)C2=O)c(F)c1. The fraction of sp³-hybridized carbons (Fsp3) is 0.333. The molecule has 1 heterocycles. The highest BCUT2D eigenvalue weighted by Gasteiger charge is 2.38. The van der Waals surface area contributed by atoms with Crippen LogP contribution >= 0.6 is 0 Å². The van der Waals surface area contributed by atoms with E-state index in [9.17, 15) is 14.0 Å². The maximum absolute atomic E-state index is 13.7. The number of carboxylic acid groups (broad SMARTS) is 1. The lowest BCUT2D eigenvalue weighted by molar-refractivity contribution is -0.144. The highest BCUT2D eigenvalue weighted by molar-refractivity contribution is 6.07. The largest absolute Gasteiger partial charge is 0.481 e. The topological polar surface area (TPSA) is 57.6 Å². The standard InChI is InChI=1S/C12H12FNO3/c1-7-2-3-10(9(13)6-7)14-5-4-8(11(14)15)12(16)17/h2-3,6,8H,4-5H2,1H3,(H,16,17). The molecule has 1 fully saturated rings. The molecule has 1 amide bonds. The van der Waals surface area contributed by atoms with Gasteiger partial charge in [-0.1, -0.05) is 6.07 Å². The molecule has 1 aromatic rings. The first-order valence-corrected chi connectivity index (χ1v) is 5.31. The molecule has 2 rings (SSSR count). The van der Waals surface area contributed by atoms with Crippen LogP contribution in [0, 0.1) is 18.7 Å². The molecule has 17 heavy (non-hydrogen) atoms. The predicted molar refractivity (Wildman–Crippen MR) is 59.2 cm³/mol. The maximum atomic E-state index is 13.7. The van der Waals surface area contributed by atoms with Crippen molar-refractivity contribution in [3.63, 3.8) is 0 Å². The molecule has 0 spiro atoms. The molecule has 1 aromatic carbocycles. The zero-order valence-corrected chi connectivity index (χ0v) is 9.31. The third kappa shape index (κ3) is 2.00. The van der Waals surface area contributed by atoms with E-state index in [0.717, 1.165) is 5.56 Å². The molecule has 90 valence electrons. The van der Waals surface area contributed by atoms with Gasteiger partial charge in [-0.2, -0.15) is 0 Å². The Hall–Kier alpha value is -1.91. The molecular formula is C12H12FNO3. The summed E-state index contributed by atoms with van der Waals surface area (Å²) in [6.45, 7) is 1.99. The van der Waals surface area contributed by atoms with Crippen molar-refractivity contribution in [3.05, 3.63) is 29.6 Å². The van der Waals surface area contributed by atoms with E-state index in [-0.39, 0.29) is 18.7 Å². The molecule has 5 heteroatoms. The monoisotopic (exact) mass is 237 g/mol. The fourth-order valence-corrected chi connectivity index (χ4v) is 1.98. The number of aryl methyl sites for hydroxylation is 1. The number of aliphatic carboxylic acids is 1. The van der Waals surface area contributed by atoms with Crippen LogP contribution in [-0.2, 0) is 9.59 Å². The lowest BCUT2D eigenvalue weighted by atomic mass is 10.1. The summed E-state index contributed by atoms with van der Waals surface area (Å²) in [6.07, 6.45) is 0.224. The Kier molecular flexibility index (Phi) is 2.83. The summed E-state index contributed by atoms with van der Waals surface area (Å²) < 4.78 is 13.7. The fourth-order valence-electron chi connectivity index (χ4n) is 1.98. The minimum Gasteiger partial charge on any atom is -0.481 e. The molecule has 1 saturated heterocycles. The Bertz CT molecular complexity index is 487. The highest BCUT2D eigenvalue weighted by atomic mass is 19.1. The van der Waals surface area contributed by atoms with Crippen molar-refractivity contribution < 1.29 is 19.1 Å². The zero-order chi connectivity index (χ0) is 12.6. The van der Waals surface area contributed by atoms with Gasteiger partial charge in [-0.25, -0.2) is 4.39 Å². The Morgan fingerprint density at radius 3 is 2.76 bits per heavy atom. The van der Waals surface area contributed by atoms with E-state index >= 15 is 0 Å². The van der Waals surface area contributed by atoms with Crippen LogP contribution in [0.2, 0.25) is 0 Å². The van der Waals surface area contributed by atoms with Gasteiger partial charge in [0.15, 0.2) is 0 Å². The van der Waals surface area contributed by atoms with Gasteiger partial charge < -0.3 is 10.0 Å². The first-order valence-electron chi connectivity index (χ1n) is 5.31. The second-order valence-electron chi connectivity index (χ2n) is 4.12. The van der Waals surface area contributed by atoms with Crippen molar-refractivity contribution in [3.8, 4) is 0 Å². The molecule has 0 bridgehead atoms. The summed E-state index contributed by atoms with van der Waals surface area (Å²) in [5.74, 6) is -3.23. The number of hydrogen-bond acceptors (Lipinski definition) is 2. The minimum absolute atomic E-state index is 0.157. The minimum atomic E-state index is -1.15. The van der Waals surface area contributed by atoms with Gasteiger partial charge in [0.25, 0.3) is 0 Å². The average molecular weight is 237 g/mol. The molecule has 1 aliphatic rings. The molecule has 4 nitrogen and oxygen atoms in total. The summed E-state index contributed by atoms with van der Waals surface area (Å²) in [6, 6.07) is 4.53. The first kappa shape index (κ1) is 11.6. The molecule has 1 aliphatic heterocycles. The normalized spacial score (nSPS) is 19.8. The van der Waals surface area contributed by atoms with E-state index in [0.29, 0.717) is 0 Å². The number of benzene rings is 1. The number of carboxylic acids is 1. The molecule has 1 N–H and O–H groups in total. The van der Waals surface area contributed by atoms with Crippen LogP contribution in [-0.4, -0.2) is 23.5 Å². The predicted octanol–water partition coefficient (Wildman–Crippen LogP) is 1.57. The lowest BCUT2D eigenvalue weighted by Gasteiger charge is -2.17. The van der Waals surface area contributed by atoms with E-state index in [1.54, 1.807) is 13.0 Å². The van der Waals surface area contributed by atoms with Crippen molar-refractivity contribution in [2.75, 3.05) is 11.4 Å². The molecule has 0 radical (unpaired) electrons. The van der Waals surface area contributed by atoms with E-state index in [2.05, 4.69) is 0 Å². The van der Waals surface area contributed by atoms with E-state index in [4.69, 9.17) is 5.11 Å². The number of carbonyl (C=O) groups is 2. The maximum Gasteiger partial charge on any atom is 0.316 e. The summed E-state index contributed by atoms with van der Waals surface area (Å²) >= 11 is 0. The molecule has 0 aliphatic carbocycles. The summed E-state index contributed by atoms with van der Waals surface area (Å²) in [4.78, 5) is 23.8. The second-order valence-corrected chi connectivity index (χ2v) is 4.12. The van der Waals surface area contributed by atoms with Gasteiger partial charge in [-0.3, -0.25) is 9.59 Å². The van der Waals surface area contributed by atoms with Crippen molar-refractivity contribution in [2.24, 2.45) is 5.92 Å². The van der Waals surface area contributed by atoms with Crippen LogP contribution in [0.5, 0.6) is 0 Å². The van der Waals surface area contributed by atoms with Crippen molar-refractivity contribution in [1.29, 1.82) is 0 Å². The average Bonchev–Trinajstić information content (AvgIpc) is 2.60. The Morgan fingerprint density at radius 1 is 1.53 bits per heavy atom. The molecule has 0 saturated carbocycles. The van der Waals surface area contributed by atoms with E-state index < -0.39 is 23.6 Å². The van der Waals surface area contributed by atoms with E-state index in [1.807, 2.05) is 0 Å². The van der Waals surface area contributed by atoms with Crippen molar-refractivity contribution >= 4 is 17.6 Å². The van der Waals surface area contributed by atoms with Crippen LogP contribution in [0.1, 0.15) is 12.0 Å². The smallest absolute Gasteiger partial charge is 0.316 e. The van der Waals surface area contributed by atoms with Crippen molar-refractivity contribution in [1.82, 2.24) is 0 Å². The molecular weight excluding hydrogens is 225 g/mol. The van der Waals surface area contributed by atoms with Crippen LogP contribution < -0.4 is 4.90 Å². The van der Waals surface area contributed by atoms with Crippen LogP contribution in [0.3, 0.4) is 0 Å². The highest BCUT2D eigenvalue weighted by Crippen LogP contribution is 2.28. The van der Waals surface area contributed by atoms with Crippen LogP contribution in [0.4, 0.5) is 10.1 Å². The number of hydrogen-bond donors (Lipinski definition) is 1. The first-order chi connectivity index (χ1) is 8.00. The van der Waals surface area contributed by atoms with Crippen LogP contribution in [0.15, 0.2) is 18.2 Å². The zero-order valence-electron chi connectivity index (χ0n) is 9.31. The van der Waals surface area contributed by atoms with Gasteiger partial charge >= 0.3 is 5.97 Å². The third-order valence-corrected chi connectivity index (χ3v) is 2.90. The van der Waals surface area contributed by atoms with Gasteiger partial charge in [-0.05, 0) is 31.0 Å². The van der Waals surface area contributed by atoms with E-state index in [1.165, 1.54) is 17.0 Å². The lowest BCUT2D eigenvalue weighted by Crippen LogP contribution is -2.30. The number of rotatable bonds is 2. The van der Waals surface area contributed by atoms with Gasteiger partial charge in [-0.15, -0.1) is 0 Å². The van der Waals surface area contributed by atoms with Crippen molar-refractivity contribution in [2.45, 2.75) is 13.3 Å². The Morgan fingerprint density at radius 2 is 2.24 bits per heavy atom.